The molecule has 0 spiro atoms. The third-order valence-electron chi connectivity index (χ3n) is 17.8. The number of aldehydes is 1. The normalized spacial score (nSPS) is 56.4. The van der Waals surface area contributed by atoms with Gasteiger partial charge in [0.15, 0.2) is 0 Å². The first kappa shape index (κ1) is 44.4. The zero-order chi connectivity index (χ0) is 44.7. The van der Waals surface area contributed by atoms with Gasteiger partial charge < -0.3 is 57.2 Å². The van der Waals surface area contributed by atoms with Crippen molar-refractivity contribution >= 4 is 12.3 Å². The lowest BCUT2D eigenvalue weighted by Gasteiger charge is -2.60. The van der Waals surface area contributed by atoms with Gasteiger partial charge >= 0.3 is 5.97 Å². The van der Waals surface area contributed by atoms with Gasteiger partial charge in [-0.3, -0.25) is 4.79 Å². The molecule has 0 unspecified atom stereocenters. The Labute approximate surface area is 377 Å². The molecule has 0 aromatic carbocycles. The van der Waals surface area contributed by atoms with Gasteiger partial charge in [-0.25, -0.2) is 4.79 Å². The molecule has 14 nitrogen and oxygen atoms in total. The number of fused-ring (bicyclic) bond motifs is 10. The molecule has 9 saturated heterocycles. The molecule has 0 aliphatic carbocycles. The van der Waals surface area contributed by atoms with E-state index in [9.17, 15) is 14.7 Å². The van der Waals surface area contributed by atoms with Crippen molar-refractivity contribution in [3.8, 4) is 0 Å². The molecular formula is C50H70O14. The highest BCUT2D eigenvalue weighted by atomic mass is 16.7. The zero-order valence-electron chi connectivity index (χ0n) is 38.6. The van der Waals surface area contributed by atoms with E-state index in [-0.39, 0.29) is 110 Å². The average Bonchev–Trinajstić information content (AvgIpc) is 3.43. The largest absolute Gasteiger partial charge is 0.456 e. The summed E-state index contributed by atoms with van der Waals surface area (Å²) in [4.78, 5) is 23.6. The Morgan fingerprint density at radius 3 is 2.31 bits per heavy atom. The first-order chi connectivity index (χ1) is 30.4. The molecule has 23 atom stereocenters. The Kier molecular flexibility index (Phi) is 10.9. The highest BCUT2D eigenvalue weighted by Gasteiger charge is 2.64. The summed E-state index contributed by atoms with van der Waals surface area (Å²) in [6, 6.07) is 0. The van der Waals surface area contributed by atoms with Crippen LogP contribution in [-0.2, 0) is 61.7 Å². The average molecular weight is 895 g/mol. The van der Waals surface area contributed by atoms with E-state index in [1.165, 1.54) is 0 Å². The summed E-state index contributed by atoms with van der Waals surface area (Å²) < 4.78 is 75.6. The lowest BCUT2D eigenvalue weighted by molar-refractivity contribution is -0.356. The van der Waals surface area contributed by atoms with Gasteiger partial charge in [0, 0.05) is 57.4 Å². The highest BCUT2D eigenvalue weighted by Crippen LogP contribution is 2.55. The molecule has 0 aromatic rings. The van der Waals surface area contributed by atoms with Crippen LogP contribution in [0.4, 0.5) is 0 Å². The third-order valence-corrected chi connectivity index (χ3v) is 17.8. The monoisotopic (exact) mass is 894 g/mol. The summed E-state index contributed by atoms with van der Waals surface area (Å²) >= 11 is 0. The van der Waals surface area contributed by atoms with E-state index >= 15 is 0 Å². The van der Waals surface area contributed by atoms with Gasteiger partial charge in [-0.2, -0.15) is 0 Å². The Bertz CT molecular complexity index is 1940. The van der Waals surface area contributed by atoms with Crippen molar-refractivity contribution in [1.29, 1.82) is 0 Å². The molecule has 11 rings (SSSR count). The molecule has 14 heteroatoms. The molecule has 0 aromatic heterocycles. The van der Waals surface area contributed by atoms with Crippen molar-refractivity contribution in [3.05, 3.63) is 36.0 Å². The number of aliphatic hydroxyl groups excluding tert-OH is 1. The highest BCUT2D eigenvalue weighted by molar-refractivity contribution is 5.84. The maximum atomic E-state index is 12.3. The standard InChI is InChI=1S/C50H70O14/c1-25(24-51)14-28-17-37(52)50(8)41(54-28)19-33-34(61-50)18-32-29(55-33)10-9-12-46(4)42(58-32)23-49(7)40(62-46)21-39-47(5,64-49)13-11-30-44(60-39)26(2)15-31-36(56-30)22-48(6)38(57-31)20-35-45(63-48)27(3)16-43(53)59-35/h9-10,16,24,26,28-42,44-45,52H,1,11-15,17-23H2,2-8H3/t26-,28+,29-,30+,31+,32+,33+,34-,35+,36-,37+,38-,39+,40-,41-,42-,44-,45-,46+,47-,48+,49+,50+/m1/s1. The second-order valence-corrected chi connectivity index (χ2v) is 22.7. The summed E-state index contributed by atoms with van der Waals surface area (Å²) in [6.45, 7) is 18.7. The fraction of sp³-hybridized carbons (Fsp3) is 0.840. The second-order valence-electron chi connectivity index (χ2n) is 22.7. The second kappa shape index (κ2) is 15.7. The molecule has 11 aliphatic rings. The first-order valence-electron chi connectivity index (χ1n) is 24.4. The summed E-state index contributed by atoms with van der Waals surface area (Å²) in [5.74, 6) is -0.146. The Morgan fingerprint density at radius 1 is 0.734 bits per heavy atom. The van der Waals surface area contributed by atoms with E-state index in [1.54, 1.807) is 6.08 Å². The molecular weight excluding hydrogens is 825 g/mol. The third kappa shape index (κ3) is 7.38. The van der Waals surface area contributed by atoms with Crippen LogP contribution in [0.3, 0.4) is 0 Å². The number of aliphatic hydroxyl groups is 1. The van der Waals surface area contributed by atoms with E-state index in [2.05, 4.69) is 53.3 Å². The van der Waals surface area contributed by atoms with Crippen molar-refractivity contribution in [3.63, 3.8) is 0 Å². The lowest BCUT2D eigenvalue weighted by atomic mass is 9.72. The first-order valence-corrected chi connectivity index (χ1v) is 24.4. The molecule has 0 radical (unpaired) electrons. The van der Waals surface area contributed by atoms with E-state index in [4.69, 9.17) is 52.1 Å². The molecule has 1 N–H and O–H groups in total. The Hall–Kier alpha value is -2.08. The fourth-order valence-electron chi connectivity index (χ4n) is 14.0. The van der Waals surface area contributed by atoms with Crippen molar-refractivity contribution < 1.29 is 66.8 Å². The summed E-state index contributed by atoms with van der Waals surface area (Å²) in [5, 5.41) is 11.4. The van der Waals surface area contributed by atoms with Crippen LogP contribution in [0.1, 0.15) is 126 Å². The van der Waals surface area contributed by atoms with E-state index in [0.717, 1.165) is 31.1 Å². The Morgan fingerprint density at radius 2 is 1.50 bits per heavy atom. The summed E-state index contributed by atoms with van der Waals surface area (Å²) in [5.41, 5.74) is -1.96. The maximum Gasteiger partial charge on any atom is 0.331 e. The predicted molar refractivity (Wildman–Crippen MR) is 228 cm³/mol. The number of carbonyl (C=O) groups is 2. The number of carbonyl (C=O) groups excluding carboxylic acids is 2. The Balaban J connectivity index is 0.776. The number of esters is 1. The molecule has 11 heterocycles. The van der Waals surface area contributed by atoms with Crippen LogP contribution in [0.2, 0.25) is 0 Å². The van der Waals surface area contributed by atoms with Crippen LogP contribution < -0.4 is 0 Å². The number of hydrogen-bond donors (Lipinski definition) is 1. The van der Waals surface area contributed by atoms with Gasteiger partial charge in [-0.05, 0) is 84.3 Å². The fourth-order valence-corrected chi connectivity index (χ4v) is 14.0. The molecule has 9 fully saturated rings. The predicted octanol–water partition coefficient (Wildman–Crippen LogP) is 5.47. The smallest absolute Gasteiger partial charge is 0.331 e. The molecule has 0 bridgehead atoms. The minimum absolute atomic E-state index is 0.116. The maximum absolute atomic E-state index is 12.3. The van der Waals surface area contributed by atoms with Crippen molar-refractivity contribution in [2.24, 2.45) is 5.92 Å². The minimum Gasteiger partial charge on any atom is -0.456 e. The molecule has 0 amide bonds. The molecule has 64 heavy (non-hydrogen) atoms. The molecule has 0 saturated carbocycles. The van der Waals surface area contributed by atoms with Gasteiger partial charge in [0.1, 0.15) is 30.2 Å². The lowest BCUT2D eigenvalue weighted by Crippen LogP contribution is -2.70. The van der Waals surface area contributed by atoms with Crippen molar-refractivity contribution in [1.82, 2.24) is 0 Å². The zero-order valence-corrected chi connectivity index (χ0v) is 38.6. The van der Waals surface area contributed by atoms with E-state index in [0.29, 0.717) is 63.4 Å². The van der Waals surface area contributed by atoms with Gasteiger partial charge in [0.25, 0.3) is 0 Å². The molecule has 11 aliphatic heterocycles. The summed E-state index contributed by atoms with van der Waals surface area (Å²) in [6.07, 6.45) is 9.57. The van der Waals surface area contributed by atoms with Crippen molar-refractivity contribution in [2.75, 3.05) is 0 Å². The van der Waals surface area contributed by atoms with Crippen molar-refractivity contribution in [2.45, 2.75) is 257 Å². The SMILES string of the molecule is C=C(C=O)C[C@H]1C[C@H](O)[C@]2(C)O[C@@H]3C[C@@H]4O[C@@H]5C[C@]6(C)O[C@]7(C)CC[C@@H]8O[C@@H]9C[C@]%10(C)O[C@@H]%11C(C)=CC(=O)O[C@H]%11C[C@H]%10O[C@H]9C[C@@H](C)[C@H]8O[C@H]7C[C@H]6O[C@@]5(C)CC=C[C@H]4O[C@H]3C[C@H]2O1. The van der Waals surface area contributed by atoms with Gasteiger partial charge in [0.05, 0.1) is 108 Å². The van der Waals surface area contributed by atoms with Crippen LogP contribution in [0.5, 0.6) is 0 Å². The quantitative estimate of drug-likeness (QED) is 0.165. The van der Waals surface area contributed by atoms with Crippen LogP contribution in [0.15, 0.2) is 36.0 Å². The number of rotatable bonds is 3. The van der Waals surface area contributed by atoms with Crippen LogP contribution in [-0.4, -0.2) is 149 Å². The van der Waals surface area contributed by atoms with E-state index < -0.39 is 34.1 Å². The number of ether oxygens (including phenoxy) is 11. The van der Waals surface area contributed by atoms with Gasteiger partial charge in [-0.1, -0.05) is 25.7 Å². The van der Waals surface area contributed by atoms with Crippen LogP contribution in [0, 0.1) is 5.92 Å². The minimum atomic E-state index is -0.911. The topological polar surface area (TPSA) is 156 Å². The van der Waals surface area contributed by atoms with Gasteiger partial charge in [0.2, 0.25) is 0 Å². The van der Waals surface area contributed by atoms with Crippen LogP contribution in [0.25, 0.3) is 0 Å². The van der Waals surface area contributed by atoms with Crippen LogP contribution >= 0.6 is 0 Å². The summed E-state index contributed by atoms with van der Waals surface area (Å²) in [7, 11) is 0. The van der Waals surface area contributed by atoms with Gasteiger partial charge in [-0.15, -0.1) is 0 Å². The number of hydrogen-bond acceptors (Lipinski definition) is 14. The molecule has 354 valence electrons. The van der Waals surface area contributed by atoms with E-state index in [1.807, 2.05) is 13.8 Å².